The second-order valence-electron chi connectivity index (χ2n) is 9.29. The highest BCUT2D eigenvalue weighted by atomic mass is 35.5. The van der Waals surface area contributed by atoms with Crippen molar-refractivity contribution in [3.63, 3.8) is 0 Å². The van der Waals surface area contributed by atoms with Crippen molar-refractivity contribution in [3.8, 4) is 0 Å². The molecule has 4 rings (SSSR count). The van der Waals surface area contributed by atoms with E-state index in [0.29, 0.717) is 37.4 Å². The largest absolute Gasteiger partial charge is 0.354 e. The third-order valence-electron chi connectivity index (χ3n) is 6.55. The van der Waals surface area contributed by atoms with Gasteiger partial charge in [-0.25, -0.2) is 0 Å². The topological polar surface area (TPSA) is 49.4 Å². The van der Waals surface area contributed by atoms with E-state index in [1.165, 1.54) is 0 Å². The fourth-order valence-electron chi connectivity index (χ4n) is 4.65. The number of rotatable bonds is 11. The van der Waals surface area contributed by atoms with Gasteiger partial charge in [-0.2, -0.15) is 0 Å². The van der Waals surface area contributed by atoms with Crippen molar-refractivity contribution in [1.82, 2.24) is 10.2 Å². The number of fused-ring (bicyclic) bond motifs is 1. The summed E-state index contributed by atoms with van der Waals surface area (Å²) >= 11 is 6.26. The smallest absolute Gasteiger partial charge is 0.243 e. The van der Waals surface area contributed by atoms with Gasteiger partial charge in [0.2, 0.25) is 11.8 Å². The molecular weight excluding hydrogens is 480 g/mol. The number of halogens is 1. The van der Waals surface area contributed by atoms with Crippen LogP contribution in [0.4, 0.5) is 0 Å². The lowest BCUT2D eigenvalue weighted by atomic mass is 9.99. The predicted molar refractivity (Wildman–Crippen MR) is 152 cm³/mol. The van der Waals surface area contributed by atoms with Crippen LogP contribution in [0.25, 0.3) is 10.8 Å². The van der Waals surface area contributed by atoms with Crippen LogP contribution in [-0.4, -0.2) is 29.3 Å². The highest BCUT2D eigenvalue weighted by molar-refractivity contribution is 6.30. The van der Waals surface area contributed by atoms with Gasteiger partial charge in [-0.05, 0) is 52.4 Å². The van der Waals surface area contributed by atoms with Crippen LogP contribution in [0.2, 0.25) is 5.02 Å². The second-order valence-corrected chi connectivity index (χ2v) is 9.72. The van der Waals surface area contributed by atoms with Crippen LogP contribution in [0.3, 0.4) is 0 Å². The molecule has 0 aliphatic rings. The molecule has 2 amide bonds. The molecule has 0 fully saturated rings. The highest BCUT2D eigenvalue weighted by Gasteiger charge is 2.30. The zero-order valence-corrected chi connectivity index (χ0v) is 22.0. The zero-order valence-electron chi connectivity index (χ0n) is 21.2. The van der Waals surface area contributed by atoms with Crippen LogP contribution in [-0.2, 0) is 29.0 Å². The van der Waals surface area contributed by atoms with Crippen LogP contribution in [0.15, 0.2) is 97.1 Å². The Morgan fingerprint density at radius 2 is 1.57 bits per heavy atom. The van der Waals surface area contributed by atoms with E-state index >= 15 is 0 Å². The molecule has 4 aromatic carbocycles. The summed E-state index contributed by atoms with van der Waals surface area (Å²) in [5.74, 6) is -0.188. The van der Waals surface area contributed by atoms with Gasteiger partial charge in [0.05, 0.1) is 0 Å². The number of carbonyl (C=O) groups excluding carboxylic acids is 2. The maximum Gasteiger partial charge on any atom is 0.243 e. The van der Waals surface area contributed by atoms with Gasteiger partial charge in [0.1, 0.15) is 6.04 Å². The lowest BCUT2D eigenvalue weighted by molar-refractivity contribution is -0.141. The van der Waals surface area contributed by atoms with Crippen LogP contribution >= 0.6 is 11.6 Å². The minimum absolute atomic E-state index is 0.0551. The maximum absolute atomic E-state index is 13.9. The predicted octanol–water partition coefficient (Wildman–Crippen LogP) is 6.59. The average Bonchev–Trinajstić information content (AvgIpc) is 2.93. The van der Waals surface area contributed by atoms with E-state index in [9.17, 15) is 9.59 Å². The fourth-order valence-corrected chi connectivity index (χ4v) is 4.86. The molecule has 1 N–H and O–H groups in total. The summed E-state index contributed by atoms with van der Waals surface area (Å²) in [5.41, 5.74) is 3.04. The Labute approximate surface area is 224 Å². The van der Waals surface area contributed by atoms with Crippen LogP contribution in [0, 0.1) is 0 Å². The molecule has 0 aliphatic heterocycles. The molecule has 0 aromatic heterocycles. The van der Waals surface area contributed by atoms with Gasteiger partial charge in [0.15, 0.2) is 0 Å². The summed E-state index contributed by atoms with van der Waals surface area (Å²) in [7, 11) is 0. The number of benzene rings is 4. The van der Waals surface area contributed by atoms with Crippen molar-refractivity contribution < 1.29 is 9.59 Å². The molecule has 0 aliphatic carbocycles. The van der Waals surface area contributed by atoms with Gasteiger partial charge >= 0.3 is 0 Å². The fraction of sp³-hybridized carbons (Fsp3) is 0.250. The third kappa shape index (κ3) is 7.21. The molecule has 4 aromatic rings. The van der Waals surface area contributed by atoms with E-state index in [1.807, 2.05) is 79.7 Å². The Kier molecular flexibility index (Phi) is 9.34. The molecule has 5 heteroatoms. The van der Waals surface area contributed by atoms with Crippen LogP contribution < -0.4 is 5.32 Å². The molecule has 1 atom stereocenters. The number of amides is 2. The van der Waals surface area contributed by atoms with Crippen molar-refractivity contribution in [2.75, 3.05) is 6.54 Å². The quantitative estimate of drug-likeness (QED) is 0.246. The van der Waals surface area contributed by atoms with Gasteiger partial charge in [0.25, 0.3) is 0 Å². The molecule has 0 heterocycles. The minimum atomic E-state index is -0.632. The van der Waals surface area contributed by atoms with Crippen molar-refractivity contribution in [2.24, 2.45) is 0 Å². The molecule has 0 spiro atoms. The van der Waals surface area contributed by atoms with Crippen LogP contribution in [0.5, 0.6) is 0 Å². The molecule has 0 saturated heterocycles. The van der Waals surface area contributed by atoms with Crippen molar-refractivity contribution in [2.45, 2.75) is 45.2 Å². The summed E-state index contributed by atoms with van der Waals surface area (Å²) in [4.78, 5) is 29.0. The van der Waals surface area contributed by atoms with Gasteiger partial charge in [0, 0.05) is 31.0 Å². The molecule has 0 unspecified atom stereocenters. The monoisotopic (exact) mass is 512 g/mol. The van der Waals surface area contributed by atoms with Gasteiger partial charge in [-0.15, -0.1) is 0 Å². The average molecular weight is 513 g/mol. The second kappa shape index (κ2) is 13.1. The summed E-state index contributed by atoms with van der Waals surface area (Å²) in [5, 5.41) is 5.94. The van der Waals surface area contributed by atoms with E-state index in [0.717, 1.165) is 33.9 Å². The normalized spacial score (nSPS) is 11.7. The first-order valence-electron chi connectivity index (χ1n) is 12.9. The van der Waals surface area contributed by atoms with Gasteiger partial charge in [-0.3, -0.25) is 9.59 Å². The molecule has 190 valence electrons. The van der Waals surface area contributed by atoms with E-state index in [2.05, 4.69) is 29.6 Å². The number of aryl methyl sites for hydroxylation is 1. The molecular formula is C32H33ClN2O2. The number of nitrogens with zero attached hydrogens (tertiary/aromatic N) is 1. The van der Waals surface area contributed by atoms with Crippen molar-refractivity contribution in [1.29, 1.82) is 0 Å². The van der Waals surface area contributed by atoms with E-state index in [-0.39, 0.29) is 11.8 Å². The Morgan fingerprint density at radius 3 is 2.35 bits per heavy atom. The summed E-state index contributed by atoms with van der Waals surface area (Å²) in [6, 6.07) is 31.1. The lowest BCUT2D eigenvalue weighted by Gasteiger charge is -2.32. The van der Waals surface area contributed by atoms with Crippen molar-refractivity contribution in [3.05, 3.63) is 119 Å². The summed E-state index contributed by atoms with van der Waals surface area (Å²) < 4.78 is 0. The number of hydrogen-bond acceptors (Lipinski definition) is 2. The first-order chi connectivity index (χ1) is 18.0. The summed E-state index contributed by atoms with van der Waals surface area (Å²) in [6.07, 6.45) is 2.17. The number of nitrogens with one attached hydrogen (secondary N) is 1. The first kappa shape index (κ1) is 26.4. The highest BCUT2D eigenvalue weighted by Crippen LogP contribution is 2.22. The molecule has 0 saturated carbocycles. The standard InChI is InChI=1S/C32H33ClN2O2/c1-2-20-34-32(37)30(22-24-10-4-3-5-11-24)35(23-25-12-8-16-28(33)21-25)31(36)19-18-27-15-9-14-26-13-6-7-17-29(26)27/h3-17,21,30H,2,18-20,22-23H2,1H3,(H,34,37)/t30-/m0/s1. The Morgan fingerprint density at radius 1 is 0.865 bits per heavy atom. The summed E-state index contributed by atoms with van der Waals surface area (Å²) in [6.45, 7) is 2.90. The Bertz CT molecular complexity index is 1330. The molecule has 37 heavy (non-hydrogen) atoms. The molecule has 0 radical (unpaired) electrons. The maximum atomic E-state index is 13.9. The zero-order chi connectivity index (χ0) is 26.0. The first-order valence-corrected chi connectivity index (χ1v) is 13.2. The Balaban J connectivity index is 1.63. The minimum Gasteiger partial charge on any atom is -0.354 e. The lowest BCUT2D eigenvalue weighted by Crippen LogP contribution is -2.50. The number of hydrogen-bond donors (Lipinski definition) is 1. The van der Waals surface area contributed by atoms with Gasteiger partial charge in [-0.1, -0.05) is 103 Å². The van der Waals surface area contributed by atoms with E-state index < -0.39 is 6.04 Å². The van der Waals surface area contributed by atoms with E-state index in [1.54, 1.807) is 4.90 Å². The van der Waals surface area contributed by atoms with Crippen LogP contribution in [0.1, 0.15) is 36.5 Å². The number of carbonyl (C=O) groups is 2. The van der Waals surface area contributed by atoms with Crippen molar-refractivity contribution >= 4 is 34.2 Å². The SMILES string of the molecule is CCCNC(=O)[C@H](Cc1ccccc1)N(Cc1cccc(Cl)c1)C(=O)CCc1cccc2ccccc12. The Hall–Kier alpha value is -3.63. The third-order valence-corrected chi connectivity index (χ3v) is 6.79. The van der Waals surface area contributed by atoms with Gasteiger partial charge < -0.3 is 10.2 Å². The molecule has 4 nitrogen and oxygen atoms in total. The molecule has 0 bridgehead atoms. The van der Waals surface area contributed by atoms with E-state index in [4.69, 9.17) is 11.6 Å².